The van der Waals surface area contributed by atoms with Crippen LogP contribution in [0.3, 0.4) is 0 Å². The fraction of sp³-hybridized carbons (Fsp3) is 0.562. The first-order valence-electron chi connectivity index (χ1n) is 7.66. The van der Waals surface area contributed by atoms with Crippen LogP contribution in [-0.4, -0.2) is 26.9 Å². The van der Waals surface area contributed by atoms with Crippen LogP contribution in [0.25, 0.3) is 0 Å². The van der Waals surface area contributed by atoms with E-state index in [1.165, 1.54) is 0 Å². The summed E-state index contributed by atoms with van der Waals surface area (Å²) in [7, 11) is -3.56. The van der Waals surface area contributed by atoms with Crippen LogP contribution < -0.4 is 10.0 Å². The summed E-state index contributed by atoms with van der Waals surface area (Å²) in [6.45, 7) is 7.92. The van der Waals surface area contributed by atoms with Crippen molar-refractivity contribution in [3.8, 4) is 0 Å². The van der Waals surface area contributed by atoms with E-state index in [0.717, 1.165) is 24.0 Å². The van der Waals surface area contributed by atoms with Crippen molar-refractivity contribution in [3.63, 3.8) is 0 Å². The Bertz CT molecular complexity index is 608. The van der Waals surface area contributed by atoms with Crippen LogP contribution in [-0.2, 0) is 14.8 Å². The molecule has 1 rings (SSSR count). The first-order chi connectivity index (χ1) is 10.3. The lowest BCUT2D eigenvalue weighted by Gasteiger charge is -2.14. The minimum absolute atomic E-state index is 0.0985. The summed E-state index contributed by atoms with van der Waals surface area (Å²) in [5.41, 5.74) is 1.97. The Morgan fingerprint density at radius 1 is 1.14 bits per heavy atom. The zero-order valence-corrected chi connectivity index (χ0v) is 14.6. The molecule has 0 unspecified atom stereocenters. The molecule has 1 aromatic rings. The molecule has 0 fully saturated rings. The van der Waals surface area contributed by atoms with E-state index in [9.17, 15) is 13.2 Å². The number of benzene rings is 1. The molecule has 6 heteroatoms. The number of rotatable bonds is 8. The fourth-order valence-corrected chi connectivity index (χ4v) is 3.17. The van der Waals surface area contributed by atoms with Crippen molar-refractivity contribution in [2.24, 2.45) is 0 Å². The van der Waals surface area contributed by atoms with Crippen molar-refractivity contribution < 1.29 is 13.2 Å². The standard InChI is InChI=1S/C16H26N2O3S/c1-5-14(6-2)18-16(19)9-10-17-22(20,21)15-8-7-12(3)13(4)11-15/h7-8,11,14,17H,5-6,9-10H2,1-4H3,(H,18,19). The zero-order chi connectivity index (χ0) is 16.8. The zero-order valence-electron chi connectivity index (χ0n) is 13.8. The summed E-state index contributed by atoms with van der Waals surface area (Å²) < 4.78 is 26.8. The molecule has 0 aliphatic rings. The molecule has 124 valence electrons. The Balaban J connectivity index is 2.56. The highest BCUT2D eigenvalue weighted by atomic mass is 32.2. The first-order valence-corrected chi connectivity index (χ1v) is 9.14. The summed E-state index contributed by atoms with van der Waals surface area (Å²) in [4.78, 5) is 12.0. The maximum absolute atomic E-state index is 12.2. The molecule has 0 spiro atoms. The van der Waals surface area contributed by atoms with Gasteiger partial charge in [0.25, 0.3) is 0 Å². The SMILES string of the molecule is CCC(CC)NC(=O)CCNS(=O)(=O)c1ccc(C)c(C)c1. The topological polar surface area (TPSA) is 75.3 Å². The molecule has 0 saturated heterocycles. The van der Waals surface area contributed by atoms with Gasteiger partial charge in [0, 0.05) is 19.0 Å². The number of sulfonamides is 1. The van der Waals surface area contributed by atoms with Gasteiger partial charge < -0.3 is 5.32 Å². The van der Waals surface area contributed by atoms with Gasteiger partial charge in [-0.25, -0.2) is 13.1 Å². The van der Waals surface area contributed by atoms with E-state index in [2.05, 4.69) is 10.0 Å². The Labute approximate surface area is 133 Å². The molecule has 0 aliphatic carbocycles. The van der Waals surface area contributed by atoms with Crippen LogP contribution in [0.2, 0.25) is 0 Å². The summed E-state index contributed by atoms with van der Waals surface area (Å²) in [5.74, 6) is -0.128. The molecule has 0 radical (unpaired) electrons. The molecule has 1 amide bonds. The normalized spacial score (nSPS) is 11.7. The van der Waals surface area contributed by atoms with Crippen molar-refractivity contribution in [2.75, 3.05) is 6.54 Å². The van der Waals surface area contributed by atoms with Crippen molar-refractivity contribution >= 4 is 15.9 Å². The summed E-state index contributed by atoms with van der Waals surface area (Å²) in [5, 5.41) is 2.89. The molecular formula is C16H26N2O3S. The molecule has 22 heavy (non-hydrogen) atoms. The maximum Gasteiger partial charge on any atom is 0.240 e. The van der Waals surface area contributed by atoms with Crippen LogP contribution in [0.5, 0.6) is 0 Å². The van der Waals surface area contributed by atoms with E-state index in [0.29, 0.717) is 0 Å². The predicted octanol–water partition coefficient (Wildman–Crippen LogP) is 2.28. The molecule has 0 heterocycles. The second-order valence-electron chi connectivity index (χ2n) is 5.47. The van der Waals surface area contributed by atoms with Crippen molar-refractivity contribution in [1.29, 1.82) is 0 Å². The van der Waals surface area contributed by atoms with E-state index in [1.807, 2.05) is 27.7 Å². The van der Waals surface area contributed by atoms with E-state index in [4.69, 9.17) is 0 Å². The van der Waals surface area contributed by atoms with E-state index < -0.39 is 10.0 Å². The van der Waals surface area contributed by atoms with Crippen molar-refractivity contribution in [2.45, 2.75) is 57.9 Å². The summed E-state index contributed by atoms with van der Waals surface area (Å²) >= 11 is 0. The number of carbonyl (C=O) groups is 1. The largest absolute Gasteiger partial charge is 0.353 e. The lowest BCUT2D eigenvalue weighted by atomic mass is 10.1. The van der Waals surface area contributed by atoms with Gasteiger partial charge in [0.05, 0.1) is 4.90 Å². The third-order valence-corrected chi connectivity index (χ3v) is 5.24. The van der Waals surface area contributed by atoms with Gasteiger partial charge in [0.1, 0.15) is 0 Å². The predicted molar refractivity (Wildman–Crippen MR) is 88.2 cm³/mol. The van der Waals surface area contributed by atoms with E-state index >= 15 is 0 Å². The number of hydrogen-bond donors (Lipinski definition) is 2. The second kappa shape index (κ2) is 8.29. The Kier molecular flexibility index (Phi) is 7.03. The van der Waals surface area contributed by atoms with Gasteiger partial charge in [-0.2, -0.15) is 0 Å². The summed E-state index contributed by atoms with van der Waals surface area (Å²) in [6, 6.07) is 5.16. The minimum atomic E-state index is -3.56. The van der Waals surface area contributed by atoms with Crippen molar-refractivity contribution in [1.82, 2.24) is 10.0 Å². The van der Waals surface area contributed by atoms with Gasteiger partial charge in [-0.05, 0) is 49.9 Å². The van der Waals surface area contributed by atoms with Crippen LogP contribution in [0, 0.1) is 13.8 Å². The van der Waals surface area contributed by atoms with Gasteiger partial charge >= 0.3 is 0 Å². The average Bonchev–Trinajstić information content (AvgIpc) is 2.47. The van der Waals surface area contributed by atoms with Crippen LogP contribution >= 0.6 is 0 Å². The smallest absolute Gasteiger partial charge is 0.240 e. The van der Waals surface area contributed by atoms with Crippen LogP contribution in [0.1, 0.15) is 44.2 Å². The highest BCUT2D eigenvalue weighted by Gasteiger charge is 2.15. The number of amides is 1. The molecule has 0 saturated carbocycles. The highest BCUT2D eigenvalue weighted by molar-refractivity contribution is 7.89. The van der Waals surface area contributed by atoms with E-state index in [1.54, 1.807) is 18.2 Å². The van der Waals surface area contributed by atoms with E-state index in [-0.39, 0.29) is 29.8 Å². The molecule has 0 bridgehead atoms. The monoisotopic (exact) mass is 326 g/mol. The number of aryl methyl sites for hydroxylation is 2. The highest BCUT2D eigenvalue weighted by Crippen LogP contribution is 2.14. The van der Waals surface area contributed by atoms with Crippen molar-refractivity contribution in [3.05, 3.63) is 29.3 Å². The molecule has 0 aliphatic heterocycles. The van der Waals surface area contributed by atoms with Gasteiger partial charge in [0.15, 0.2) is 0 Å². The first kappa shape index (κ1) is 18.6. The summed E-state index contributed by atoms with van der Waals surface area (Å²) in [6.07, 6.45) is 1.88. The molecule has 2 N–H and O–H groups in total. The number of hydrogen-bond acceptors (Lipinski definition) is 3. The molecule has 0 aromatic heterocycles. The third kappa shape index (κ3) is 5.42. The van der Waals surface area contributed by atoms with Gasteiger partial charge in [-0.15, -0.1) is 0 Å². The van der Waals surface area contributed by atoms with Crippen LogP contribution in [0.4, 0.5) is 0 Å². The average molecular weight is 326 g/mol. The molecular weight excluding hydrogens is 300 g/mol. The van der Waals surface area contributed by atoms with Crippen LogP contribution in [0.15, 0.2) is 23.1 Å². The second-order valence-corrected chi connectivity index (χ2v) is 7.24. The molecule has 5 nitrogen and oxygen atoms in total. The third-order valence-electron chi connectivity index (χ3n) is 3.78. The number of carbonyl (C=O) groups excluding carboxylic acids is 1. The minimum Gasteiger partial charge on any atom is -0.353 e. The Morgan fingerprint density at radius 3 is 2.32 bits per heavy atom. The van der Waals surface area contributed by atoms with Gasteiger partial charge in [0.2, 0.25) is 15.9 Å². The molecule has 1 aromatic carbocycles. The van der Waals surface area contributed by atoms with Gasteiger partial charge in [-0.3, -0.25) is 4.79 Å². The lowest BCUT2D eigenvalue weighted by molar-refractivity contribution is -0.121. The Morgan fingerprint density at radius 2 is 1.77 bits per heavy atom. The maximum atomic E-state index is 12.2. The lowest BCUT2D eigenvalue weighted by Crippen LogP contribution is -2.36. The van der Waals surface area contributed by atoms with Gasteiger partial charge in [-0.1, -0.05) is 19.9 Å². The Hall–Kier alpha value is -1.40. The fourth-order valence-electron chi connectivity index (χ4n) is 2.06. The molecule has 0 atom stereocenters. The quantitative estimate of drug-likeness (QED) is 0.769. The number of nitrogens with one attached hydrogen (secondary N) is 2.